The Morgan fingerprint density at radius 1 is 1.15 bits per heavy atom. The van der Waals surface area contributed by atoms with Crippen LogP contribution < -0.4 is 10.9 Å². The average Bonchev–Trinajstić information content (AvgIpc) is 2.18. The summed E-state index contributed by atoms with van der Waals surface area (Å²) in [6.07, 6.45) is 0. The van der Waals surface area contributed by atoms with Crippen molar-refractivity contribution in [1.82, 2.24) is 0 Å². The normalized spacial score (nSPS) is 11.6. The van der Waals surface area contributed by atoms with Gasteiger partial charge in [0, 0.05) is 25.1 Å². The highest BCUT2D eigenvalue weighted by Crippen LogP contribution is 2.11. The molecule has 0 spiro atoms. The van der Waals surface area contributed by atoms with E-state index >= 15 is 0 Å². The van der Waals surface area contributed by atoms with Crippen LogP contribution in [0.4, 0.5) is 5.69 Å². The molecule has 0 aromatic heterocycles. The maximum atomic E-state index is 6.14. The van der Waals surface area contributed by atoms with Crippen LogP contribution in [0.3, 0.4) is 0 Å². The van der Waals surface area contributed by atoms with Crippen molar-refractivity contribution in [2.45, 2.75) is 0 Å². The van der Waals surface area contributed by atoms with Gasteiger partial charge in [0.05, 0.1) is 0 Å². The zero-order valence-corrected chi connectivity index (χ0v) is 9.34. The molecule has 0 saturated carbocycles. The Kier molecular flexibility index (Phi) is 3.32. The van der Waals surface area contributed by atoms with Crippen LogP contribution in [0, 0.1) is 0 Å². The Bertz CT molecular complexity index is 274. The summed E-state index contributed by atoms with van der Waals surface area (Å²) < 4.78 is 10.3. The van der Waals surface area contributed by atoms with Crippen LogP contribution in [0.1, 0.15) is 0 Å². The van der Waals surface area contributed by atoms with Crippen molar-refractivity contribution in [3.8, 4) is 0 Å². The van der Waals surface area contributed by atoms with Crippen molar-refractivity contribution < 1.29 is 8.85 Å². The van der Waals surface area contributed by atoms with Crippen LogP contribution in [-0.2, 0) is 8.85 Å². The largest absolute Gasteiger partial charge is 0.477 e. The molecule has 72 valence electrons. The number of nitrogen functional groups attached to an aromatic ring is 1. The SMILES string of the molecule is CO[Si](Cl)(OC)c1ccc(N)cc1. The van der Waals surface area contributed by atoms with Crippen molar-refractivity contribution in [3.63, 3.8) is 0 Å². The van der Waals surface area contributed by atoms with Crippen molar-refractivity contribution >= 4 is 29.8 Å². The van der Waals surface area contributed by atoms with Gasteiger partial charge >= 0.3 is 7.87 Å². The van der Waals surface area contributed by atoms with Crippen LogP contribution in [-0.4, -0.2) is 22.1 Å². The first kappa shape index (κ1) is 10.5. The van der Waals surface area contributed by atoms with E-state index < -0.39 is 7.87 Å². The molecule has 0 amide bonds. The van der Waals surface area contributed by atoms with E-state index in [1.165, 1.54) is 0 Å². The summed E-state index contributed by atoms with van der Waals surface area (Å²) in [5, 5.41) is 0.855. The number of rotatable bonds is 3. The molecule has 0 saturated heterocycles. The molecule has 0 aliphatic carbocycles. The second kappa shape index (κ2) is 4.10. The van der Waals surface area contributed by atoms with Crippen LogP contribution in [0.2, 0.25) is 0 Å². The van der Waals surface area contributed by atoms with E-state index in [2.05, 4.69) is 0 Å². The molecule has 3 nitrogen and oxygen atoms in total. The molecule has 0 aliphatic rings. The minimum atomic E-state index is -2.68. The smallest absolute Gasteiger partial charge is 0.399 e. The first-order chi connectivity index (χ1) is 6.12. The summed E-state index contributed by atoms with van der Waals surface area (Å²) in [7, 11) is 0.402. The quantitative estimate of drug-likeness (QED) is 0.466. The summed E-state index contributed by atoms with van der Waals surface area (Å²) >= 11 is 6.14. The second-order valence-electron chi connectivity index (χ2n) is 2.57. The molecular formula is C8H12ClNO2Si. The van der Waals surface area contributed by atoms with E-state index in [9.17, 15) is 0 Å². The summed E-state index contributed by atoms with van der Waals surface area (Å²) in [5.74, 6) is 0. The van der Waals surface area contributed by atoms with Crippen molar-refractivity contribution in [2.75, 3.05) is 20.0 Å². The van der Waals surface area contributed by atoms with E-state index in [1.54, 1.807) is 26.4 Å². The number of anilines is 1. The van der Waals surface area contributed by atoms with E-state index in [4.69, 9.17) is 25.7 Å². The van der Waals surface area contributed by atoms with Gasteiger partial charge in [-0.05, 0) is 12.1 Å². The molecule has 0 fully saturated rings. The summed E-state index contributed by atoms with van der Waals surface area (Å²) in [6, 6.07) is 7.19. The number of hydrogen-bond acceptors (Lipinski definition) is 3. The van der Waals surface area contributed by atoms with Gasteiger partial charge in [0.2, 0.25) is 0 Å². The molecule has 0 atom stereocenters. The monoisotopic (exact) mass is 217 g/mol. The standard InChI is InChI=1S/C8H12ClNO2Si/c1-11-13(9,12-2)8-5-3-7(10)4-6-8/h3-6H,10H2,1-2H3. The lowest BCUT2D eigenvalue weighted by atomic mass is 10.3. The Labute approximate surface area is 83.4 Å². The Morgan fingerprint density at radius 2 is 1.62 bits per heavy atom. The third-order valence-corrected chi connectivity index (χ3v) is 5.43. The minimum Gasteiger partial charge on any atom is -0.399 e. The Hall–Kier alpha value is -0.553. The third kappa shape index (κ3) is 2.22. The molecule has 5 heteroatoms. The van der Waals surface area contributed by atoms with Gasteiger partial charge in [-0.3, -0.25) is 0 Å². The van der Waals surface area contributed by atoms with Gasteiger partial charge in [-0.1, -0.05) is 23.2 Å². The third-order valence-electron chi connectivity index (χ3n) is 1.78. The van der Waals surface area contributed by atoms with Crippen molar-refractivity contribution in [2.24, 2.45) is 0 Å². The van der Waals surface area contributed by atoms with Gasteiger partial charge in [-0.2, -0.15) is 0 Å². The summed E-state index contributed by atoms with van der Waals surface area (Å²) in [6.45, 7) is 0. The zero-order valence-electron chi connectivity index (χ0n) is 7.58. The number of hydrogen-bond donors (Lipinski definition) is 1. The number of benzene rings is 1. The second-order valence-corrected chi connectivity index (χ2v) is 6.53. The lowest BCUT2D eigenvalue weighted by Gasteiger charge is -2.19. The fourth-order valence-electron chi connectivity index (χ4n) is 1.00. The van der Waals surface area contributed by atoms with Gasteiger partial charge < -0.3 is 14.6 Å². The molecule has 0 unspecified atom stereocenters. The molecule has 0 radical (unpaired) electrons. The van der Waals surface area contributed by atoms with Crippen LogP contribution in [0.5, 0.6) is 0 Å². The molecule has 13 heavy (non-hydrogen) atoms. The van der Waals surface area contributed by atoms with Crippen molar-refractivity contribution in [1.29, 1.82) is 0 Å². The van der Waals surface area contributed by atoms with E-state index in [0.717, 1.165) is 5.19 Å². The minimum absolute atomic E-state index is 0.698. The summed E-state index contributed by atoms with van der Waals surface area (Å²) in [4.78, 5) is 0. The van der Waals surface area contributed by atoms with Gasteiger partial charge in [0.15, 0.2) is 0 Å². The Balaban J connectivity index is 2.99. The maximum absolute atomic E-state index is 6.14. The fourth-order valence-corrected chi connectivity index (χ4v) is 2.58. The average molecular weight is 218 g/mol. The van der Waals surface area contributed by atoms with Crippen molar-refractivity contribution in [3.05, 3.63) is 24.3 Å². The lowest BCUT2D eigenvalue weighted by molar-refractivity contribution is 0.281. The van der Waals surface area contributed by atoms with E-state index in [0.29, 0.717) is 5.69 Å². The molecule has 0 bridgehead atoms. The molecule has 2 N–H and O–H groups in total. The maximum Gasteiger partial charge on any atom is 0.477 e. The molecule has 1 aromatic rings. The van der Waals surface area contributed by atoms with Gasteiger partial charge in [-0.25, -0.2) is 0 Å². The molecule has 0 aliphatic heterocycles. The molecular weight excluding hydrogens is 206 g/mol. The fraction of sp³-hybridized carbons (Fsp3) is 0.250. The molecule has 0 heterocycles. The highest BCUT2D eigenvalue weighted by atomic mass is 35.6. The predicted octanol–water partition coefficient (Wildman–Crippen LogP) is 0.946. The Morgan fingerprint density at radius 3 is 2.00 bits per heavy atom. The zero-order chi connectivity index (χ0) is 9.90. The van der Waals surface area contributed by atoms with Gasteiger partial charge in [0.25, 0.3) is 0 Å². The molecule has 1 aromatic carbocycles. The van der Waals surface area contributed by atoms with Crippen LogP contribution in [0.15, 0.2) is 24.3 Å². The van der Waals surface area contributed by atoms with Gasteiger partial charge in [-0.15, -0.1) is 0 Å². The van der Waals surface area contributed by atoms with Crippen LogP contribution >= 0.6 is 11.1 Å². The van der Waals surface area contributed by atoms with Gasteiger partial charge in [0.1, 0.15) is 0 Å². The number of nitrogens with two attached hydrogens (primary N) is 1. The first-order valence-electron chi connectivity index (χ1n) is 3.77. The predicted molar refractivity (Wildman–Crippen MR) is 56.1 cm³/mol. The highest BCUT2D eigenvalue weighted by molar-refractivity contribution is 7.20. The first-order valence-corrected chi connectivity index (χ1v) is 6.60. The highest BCUT2D eigenvalue weighted by Gasteiger charge is 2.35. The summed E-state index contributed by atoms with van der Waals surface area (Å²) in [5.41, 5.74) is 6.24. The van der Waals surface area contributed by atoms with E-state index in [1.807, 2.05) is 12.1 Å². The molecule has 1 rings (SSSR count). The lowest BCUT2D eigenvalue weighted by Crippen LogP contribution is -2.46. The number of halogens is 1. The topological polar surface area (TPSA) is 44.5 Å². The van der Waals surface area contributed by atoms with E-state index in [-0.39, 0.29) is 0 Å². The van der Waals surface area contributed by atoms with Crippen LogP contribution in [0.25, 0.3) is 0 Å².